The topological polar surface area (TPSA) is 68.6 Å². The number of nitrogens with one attached hydrogen (secondary N) is 1. The molecule has 0 aliphatic rings. The fourth-order valence-electron chi connectivity index (χ4n) is 3.34. The number of ether oxygens (including phenoxy) is 2. The number of aromatic nitrogens is 2. The number of para-hydroxylation sites is 1. The zero-order valence-corrected chi connectivity index (χ0v) is 17.2. The molecule has 0 fully saturated rings. The van der Waals surface area contributed by atoms with Crippen LogP contribution in [0.25, 0.3) is 0 Å². The molecule has 148 valence electrons. The van der Waals surface area contributed by atoms with Gasteiger partial charge in [-0.1, -0.05) is 12.1 Å². The summed E-state index contributed by atoms with van der Waals surface area (Å²) in [4.78, 5) is 19.3. The molecule has 0 saturated carbocycles. The zero-order valence-electron chi connectivity index (χ0n) is 17.2. The van der Waals surface area contributed by atoms with Crippen LogP contribution in [-0.2, 0) is 7.05 Å². The van der Waals surface area contributed by atoms with Crippen molar-refractivity contribution in [2.45, 2.75) is 45.8 Å². The molecule has 1 heterocycles. The summed E-state index contributed by atoms with van der Waals surface area (Å²) in [6.45, 7) is 8.01. The normalized spacial score (nSPS) is 12.2. The van der Waals surface area contributed by atoms with E-state index in [2.05, 4.69) is 10.3 Å². The van der Waals surface area contributed by atoms with Crippen molar-refractivity contribution in [2.75, 3.05) is 14.2 Å². The number of amides is 2. The molecule has 1 aromatic heterocycles. The molecule has 0 aliphatic heterocycles. The van der Waals surface area contributed by atoms with Crippen LogP contribution in [0.4, 0.5) is 4.79 Å². The van der Waals surface area contributed by atoms with Gasteiger partial charge in [0, 0.05) is 37.1 Å². The van der Waals surface area contributed by atoms with Crippen molar-refractivity contribution in [3.8, 4) is 11.5 Å². The van der Waals surface area contributed by atoms with E-state index in [4.69, 9.17) is 9.47 Å². The third-order valence-electron chi connectivity index (χ3n) is 4.48. The van der Waals surface area contributed by atoms with Crippen LogP contribution in [-0.4, -0.2) is 46.8 Å². The highest BCUT2D eigenvalue weighted by molar-refractivity contribution is 5.76. The lowest BCUT2D eigenvalue weighted by molar-refractivity contribution is 0.162. The summed E-state index contributed by atoms with van der Waals surface area (Å²) in [6, 6.07) is 5.12. The Morgan fingerprint density at radius 2 is 1.81 bits per heavy atom. The summed E-state index contributed by atoms with van der Waals surface area (Å²) in [5.74, 6) is 1.89. The molecule has 1 aromatic carbocycles. The first-order valence-electron chi connectivity index (χ1n) is 9.08. The van der Waals surface area contributed by atoms with Gasteiger partial charge in [-0.15, -0.1) is 0 Å². The second kappa shape index (κ2) is 8.79. The summed E-state index contributed by atoms with van der Waals surface area (Å²) in [5.41, 5.74) is 0.784. The minimum atomic E-state index is -0.484. The number of carbonyl (C=O) groups is 1. The fraction of sp³-hybridized carbons (Fsp3) is 0.500. The lowest BCUT2D eigenvalue weighted by Gasteiger charge is -2.33. The molecule has 2 amide bonds. The number of carbonyl (C=O) groups excluding carboxylic acids is 1. The van der Waals surface area contributed by atoms with E-state index in [1.165, 1.54) is 0 Å². The van der Waals surface area contributed by atoms with Crippen LogP contribution in [0.15, 0.2) is 30.6 Å². The summed E-state index contributed by atoms with van der Waals surface area (Å²) in [7, 11) is 5.08. The molecule has 1 unspecified atom stereocenters. The Morgan fingerprint density at radius 3 is 2.30 bits per heavy atom. The number of imidazole rings is 1. The first-order valence-corrected chi connectivity index (χ1v) is 9.08. The first-order chi connectivity index (χ1) is 12.8. The van der Waals surface area contributed by atoms with Gasteiger partial charge in [0.05, 0.1) is 14.2 Å². The van der Waals surface area contributed by atoms with Gasteiger partial charge in [-0.25, -0.2) is 9.78 Å². The quantitative estimate of drug-likeness (QED) is 0.807. The van der Waals surface area contributed by atoms with Gasteiger partial charge in [0.25, 0.3) is 0 Å². The number of hydrogen-bond donors (Lipinski definition) is 1. The van der Waals surface area contributed by atoms with E-state index in [-0.39, 0.29) is 18.1 Å². The van der Waals surface area contributed by atoms with Gasteiger partial charge in [-0.2, -0.15) is 0 Å². The van der Waals surface area contributed by atoms with Gasteiger partial charge < -0.3 is 24.3 Å². The summed E-state index contributed by atoms with van der Waals surface area (Å²) < 4.78 is 12.9. The minimum absolute atomic E-state index is 0.0687. The van der Waals surface area contributed by atoms with Crippen LogP contribution < -0.4 is 14.8 Å². The molecule has 2 rings (SSSR count). The van der Waals surface area contributed by atoms with Crippen LogP contribution in [0, 0.1) is 0 Å². The highest BCUT2D eigenvalue weighted by Gasteiger charge is 2.29. The fourth-order valence-corrected chi connectivity index (χ4v) is 3.34. The number of rotatable bonds is 7. The maximum Gasteiger partial charge on any atom is 0.318 e. The number of nitrogens with zero attached hydrogens (tertiary/aromatic N) is 3. The Morgan fingerprint density at radius 1 is 1.15 bits per heavy atom. The van der Waals surface area contributed by atoms with Gasteiger partial charge >= 0.3 is 6.03 Å². The molecule has 1 atom stereocenters. The molecular formula is C20H30N4O3. The summed E-state index contributed by atoms with van der Waals surface area (Å²) >= 11 is 0. The monoisotopic (exact) mass is 374 g/mol. The molecule has 0 bridgehead atoms. The lowest BCUT2D eigenvalue weighted by atomic mass is 10.0. The molecule has 0 aliphatic carbocycles. The van der Waals surface area contributed by atoms with E-state index < -0.39 is 6.04 Å². The molecule has 0 spiro atoms. The maximum atomic E-state index is 13.1. The summed E-state index contributed by atoms with van der Waals surface area (Å²) in [6.07, 6.45) is 3.56. The standard InChI is InChI=1S/C20H30N4O3/c1-13(2)24(14(3)4)20(25)22-17(19-21-11-12-23(19)5)15-9-8-10-16(26-6)18(15)27-7/h8-14,17H,1-7H3,(H,22,25). The van der Waals surface area contributed by atoms with Crippen molar-refractivity contribution < 1.29 is 14.3 Å². The highest BCUT2D eigenvalue weighted by atomic mass is 16.5. The predicted molar refractivity (Wildman–Crippen MR) is 105 cm³/mol. The van der Waals surface area contributed by atoms with Crippen LogP contribution >= 0.6 is 0 Å². The second-order valence-electron chi connectivity index (χ2n) is 6.96. The molecular weight excluding hydrogens is 344 g/mol. The Balaban J connectivity index is 2.52. The molecule has 0 radical (unpaired) electrons. The van der Waals surface area contributed by atoms with Gasteiger partial charge in [-0.3, -0.25) is 0 Å². The Kier molecular flexibility index (Phi) is 6.71. The van der Waals surface area contributed by atoms with Crippen molar-refractivity contribution in [1.29, 1.82) is 0 Å². The average Bonchev–Trinajstić information content (AvgIpc) is 3.04. The number of benzene rings is 1. The Bertz CT molecular complexity index is 762. The zero-order chi connectivity index (χ0) is 20.1. The largest absolute Gasteiger partial charge is 0.493 e. The second-order valence-corrected chi connectivity index (χ2v) is 6.96. The van der Waals surface area contributed by atoms with Gasteiger partial charge in [0.1, 0.15) is 11.9 Å². The first kappa shape index (κ1) is 20.6. The molecule has 7 nitrogen and oxygen atoms in total. The van der Waals surface area contributed by atoms with Crippen LogP contribution in [0.3, 0.4) is 0 Å². The third kappa shape index (κ3) is 4.35. The number of methoxy groups -OCH3 is 2. The maximum absolute atomic E-state index is 13.1. The number of urea groups is 1. The SMILES string of the molecule is COc1cccc(C(NC(=O)N(C(C)C)C(C)C)c2nccn2C)c1OC. The van der Waals surface area contributed by atoms with E-state index in [0.717, 1.165) is 5.56 Å². The van der Waals surface area contributed by atoms with Crippen molar-refractivity contribution in [3.05, 3.63) is 42.0 Å². The Labute approximate surface area is 161 Å². The molecule has 1 N–H and O–H groups in total. The van der Waals surface area contributed by atoms with E-state index in [0.29, 0.717) is 17.3 Å². The van der Waals surface area contributed by atoms with Crippen molar-refractivity contribution >= 4 is 6.03 Å². The van der Waals surface area contributed by atoms with Crippen molar-refractivity contribution in [1.82, 2.24) is 19.8 Å². The van der Waals surface area contributed by atoms with E-state index in [1.807, 2.05) is 68.6 Å². The highest BCUT2D eigenvalue weighted by Crippen LogP contribution is 2.36. The molecule has 2 aromatic rings. The average molecular weight is 374 g/mol. The van der Waals surface area contributed by atoms with Crippen LogP contribution in [0.1, 0.15) is 45.1 Å². The smallest absolute Gasteiger partial charge is 0.318 e. The van der Waals surface area contributed by atoms with Crippen LogP contribution in [0.2, 0.25) is 0 Å². The predicted octanol–water partition coefficient (Wildman–Crippen LogP) is 3.36. The van der Waals surface area contributed by atoms with E-state index >= 15 is 0 Å². The van der Waals surface area contributed by atoms with Crippen molar-refractivity contribution in [2.24, 2.45) is 7.05 Å². The van der Waals surface area contributed by atoms with E-state index in [9.17, 15) is 4.79 Å². The van der Waals surface area contributed by atoms with Gasteiger partial charge in [0.2, 0.25) is 0 Å². The van der Waals surface area contributed by atoms with E-state index in [1.54, 1.807) is 20.4 Å². The molecule has 7 heteroatoms. The number of aryl methyl sites for hydroxylation is 1. The number of hydrogen-bond acceptors (Lipinski definition) is 4. The van der Waals surface area contributed by atoms with Crippen LogP contribution in [0.5, 0.6) is 11.5 Å². The lowest BCUT2D eigenvalue weighted by Crippen LogP contribution is -2.49. The van der Waals surface area contributed by atoms with Crippen molar-refractivity contribution in [3.63, 3.8) is 0 Å². The summed E-state index contributed by atoms with van der Waals surface area (Å²) in [5, 5.41) is 3.13. The van der Waals surface area contributed by atoms with Gasteiger partial charge in [-0.05, 0) is 33.8 Å². The molecule has 0 saturated heterocycles. The third-order valence-corrected chi connectivity index (χ3v) is 4.48. The van der Waals surface area contributed by atoms with Gasteiger partial charge in [0.15, 0.2) is 11.5 Å². The minimum Gasteiger partial charge on any atom is -0.493 e. The Hall–Kier alpha value is -2.70. The molecule has 27 heavy (non-hydrogen) atoms.